The summed E-state index contributed by atoms with van der Waals surface area (Å²) in [4.78, 5) is 13.1. The molecular formula is C26H28N2O3. The molecule has 31 heavy (non-hydrogen) atoms. The molecule has 0 aliphatic rings. The van der Waals surface area contributed by atoms with Gasteiger partial charge in [0.15, 0.2) is 5.60 Å². The molecule has 0 fully saturated rings. The Hall–Kier alpha value is -3.44. The van der Waals surface area contributed by atoms with Crippen molar-refractivity contribution < 1.29 is 14.6 Å². The number of methoxy groups -OCH3 is 1. The highest BCUT2D eigenvalue weighted by Gasteiger charge is 2.39. The quantitative estimate of drug-likeness (QED) is 0.440. The van der Waals surface area contributed by atoms with Gasteiger partial charge < -0.3 is 9.84 Å². The molecule has 0 aromatic heterocycles. The third kappa shape index (κ3) is 4.67. The molecule has 0 unspecified atom stereocenters. The lowest BCUT2D eigenvalue weighted by Crippen LogP contribution is -2.43. The lowest BCUT2D eigenvalue weighted by atomic mass is 9.85. The van der Waals surface area contributed by atoms with Crippen molar-refractivity contribution in [2.24, 2.45) is 5.10 Å². The molecular weight excluding hydrogens is 388 g/mol. The summed E-state index contributed by atoms with van der Waals surface area (Å²) in [5.74, 6) is 0.478. The number of hydrazone groups is 1. The number of rotatable bonds is 7. The number of carbonyl (C=O) groups excluding carboxylic acids is 1. The molecule has 0 bridgehead atoms. The number of aryl methyl sites for hydroxylation is 1. The van der Waals surface area contributed by atoms with E-state index < -0.39 is 11.5 Å². The third-order valence-corrected chi connectivity index (χ3v) is 5.32. The SMILES string of the molecule is COc1cc(C)c(/C=N/NC(=O)C(O)(c2ccccc2)c2ccccc2)cc1C(C)C. The van der Waals surface area contributed by atoms with Crippen LogP contribution in [0.2, 0.25) is 0 Å². The summed E-state index contributed by atoms with van der Waals surface area (Å²) in [6, 6.07) is 21.7. The van der Waals surface area contributed by atoms with Gasteiger partial charge in [-0.05, 0) is 52.8 Å². The van der Waals surface area contributed by atoms with E-state index in [1.807, 2.05) is 31.2 Å². The fourth-order valence-electron chi connectivity index (χ4n) is 3.51. The second kappa shape index (κ2) is 9.58. The second-order valence-corrected chi connectivity index (χ2v) is 7.75. The van der Waals surface area contributed by atoms with Crippen molar-refractivity contribution in [3.8, 4) is 5.75 Å². The van der Waals surface area contributed by atoms with Crippen molar-refractivity contribution in [3.05, 3.63) is 101 Å². The van der Waals surface area contributed by atoms with E-state index in [4.69, 9.17) is 4.74 Å². The average Bonchev–Trinajstić information content (AvgIpc) is 2.80. The van der Waals surface area contributed by atoms with Gasteiger partial charge in [0.05, 0.1) is 13.3 Å². The van der Waals surface area contributed by atoms with Crippen LogP contribution in [-0.4, -0.2) is 24.3 Å². The summed E-state index contributed by atoms with van der Waals surface area (Å²) in [6.07, 6.45) is 1.59. The highest BCUT2D eigenvalue weighted by Crippen LogP contribution is 2.30. The normalized spacial score (nSPS) is 11.7. The van der Waals surface area contributed by atoms with E-state index in [0.717, 1.165) is 22.4 Å². The number of nitrogens with one attached hydrogen (secondary N) is 1. The smallest absolute Gasteiger partial charge is 0.281 e. The summed E-state index contributed by atoms with van der Waals surface area (Å²) >= 11 is 0. The van der Waals surface area contributed by atoms with Gasteiger partial charge >= 0.3 is 0 Å². The molecule has 0 aliphatic heterocycles. The van der Waals surface area contributed by atoms with Crippen LogP contribution in [0.25, 0.3) is 0 Å². The Balaban J connectivity index is 1.91. The number of hydrogen-bond donors (Lipinski definition) is 2. The number of nitrogens with zero attached hydrogens (tertiary/aromatic N) is 1. The maximum atomic E-state index is 13.1. The van der Waals surface area contributed by atoms with Gasteiger partial charge in [0.2, 0.25) is 0 Å². The van der Waals surface area contributed by atoms with Crippen molar-refractivity contribution in [1.82, 2.24) is 5.43 Å². The first-order valence-corrected chi connectivity index (χ1v) is 10.2. The molecule has 5 nitrogen and oxygen atoms in total. The summed E-state index contributed by atoms with van der Waals surface area (Å²) < 4.78 is 5.48. The summed E-state index contributed by atoms with van der Waals surface area (Å²) in [7, 11) is 1.66. The monoisotopic (exact) mass is 416 g/mol. The van der Waals surface area contributed by atoms with Crippen LogP contribution < -0.4 is 10.2 Å². The number of benzene rings is 3. The zero-order valence-electron chi connectivity index (χ0n) is 18.3. The van der Waals surface area contributed by atoms with Crippen LogP contribution in [0.4, 0.5) is 0 Å². The Morgan fingerprint density at radius 3 is 2.06 bits per heavy atom. The van der Waals surface area contributed by atoms with E-state index in [1.54, 1.807) is 61.9 Å². The van der Waals surface area contributed by atoms with Crippen LogP contribution in [-0.2, 0) is 10.4 Å². The van der Waals surface area contributed by atoms with E-state index >= 15 is 0 Å². The fraction of sp³-hybridized carbons (Fsp3) is 0.231. The maximum Gasteiger partial charge on any atom is 0.281 e. The summed E-state index contributed by atoms with van der Waals surface area (Å²) in [5.41, 5.74) is 4.50. The molecule has 0 aliphatic carbocycles. The second-order valence-electron chi connectivity index (χ2n) is 7.75. The number of amides is 1. The van der Waals surface area contributed by atoms with Crippen LogP contribution in [0.3, 0.4) is 0 Å². The minimum Gasteiger partial charge on any atom is -0.496 e. The van der Waals surface area contributed by atoms with E-state index in [-0.39, 0.29) is 5.92 Å². The Labute approximate surface area is 183 Å². The highest BCUT2D eigenvalue weighted by atomic mass is 16.5. The van der Waals surface area contributed by atoms with Crippen molar-refractivity contribution in [2.75, 3.05) is 7.11 Å². The van der Waals surface area contributed by atoms with E-state index in [0.29, 0.717) is 11.1 Å². The van der Waals surface area contributed by atoms with Gasteiger partial charge in [-0.3, -0.25) is 4.79 Å². The van der Waals surface area contributed by atoms with Gasteiger partial charge in [-0.1, -0.05) is 74.5 Å². The van der Waals surface area contributed by atoms with E-state index in [9.17, 15) is 9.90 Å². The standard InChI is InChI=1S/C26H28N2O3/c1-18(2)23-16-20(19(3)15-24(23)31-4)17-27-28-25(29)26(30,21-11-7-5-8-12-21)22-13-9-6-10-14-22/h5-18,30H,1-4H3,(H,28,29)/b27-17+. The Bertz CT molecular complexity index is 1020. The topological polar surface area (TPSA) is 70.9 Å². The highest BCUT2D eigenvalue weighted by molar-refractivity contribution is 5.91. The molecule has 0 spiro atoms. The molecule has 2 N–H and O–H groups in total. The Kier molecular flexibility index (Phi) is 6.88. The number of ether oxygens (including phenoxy) is 1. The third-order valence-electron chi connectivity index (χ3n) is 5.32. The van der Waals surface area contributed by atoms with Gasteiger partial charge in [-0.15, -0.1) is 0 Å². The Morgan fingerprint density at radius 2 is 1.58 bits per heavy atom. The molecule has 0 saturated heterocycles. The summed E-state index contributed by atoms with van der Waals surface area (Å²) in [5, 5.41) is 15.6. The zero-order valence-corrected chi connectivity index (χ0v) is 18.3. The lowest BCUT2D eigenvalue weighted by Gasteiger charge is -2.27. The van der Waals surface area contributed by atoms with Gasteiger partial charge in [0, 0.05) is 0 Å². The van der Waals surface area contributed by atoms with Crippen LogP contribution >= 0.6 is 0 Å². The lowest BCUT2D eigenvalue weighted by molar-refractivity contribution is -0.136. The van der Waals surface area contributed by atoms with Gasteiger partial charge in [0.25, 0.3) is 5.91 Å². The van der Waals surface area contributed by atoms with E-state index in [1.165, 1.54) is 0 Å². The first-order valence-electron chi connectivity index (χ1n) is 10.2. The maximum absolute atomic E-state index is 13.1. The molecule has 3 aromatic rings. The van der Waals surface area contributed by atoms with Crippen LogP contribution in [0.1, 0.15) is 47.6 Å². The first-order chi connectivity index (χ1) is 14.9. The largest absolute Gasteiger partial charge is 0.496 e. The minimum atomic E-state index is -1.86. The van der Waals surface area contributed by atoms with E-state index in [2.05, 4.69) is 24.4 Å². The molecule has 1 amide bonds. The molecule has 0 atom stereocenters. The number of aliphatic hydroxyl groups is 1. The van der Waals surface area contributed by atoms with Crippen LogP contribution in [0.5, 0.6) is 5.75 Å². The molecule has 0 radical (unpaired) electrons. The number of hydrogen-bond acceptors (Lipinski definition) is 4. The van der Waals surface area contributed by atoms with Crippen LogP contribution in [0, 0.1) is 6.92 Å². The molecule has 0 heterocycles. The minimum absolute atomic E-state index is 0.276. The van der Waals surface area contributed by atoms with Crippen molar-refractivity contribution in [1.29, 1.82) is 0 Å². The predicted molar refractivity (Wildman–Crippen MR) is 123 cm³/mol. The molecule has 3 rings (SSSR count). The van der Waals surface area contributed by atoms with Gasteiger partial charge in [-0.2, -0.15) is 5.10 Å². The molecule has 0 saturated carbocycles. The van der Waals surface area contributed by atoms with Gasteiger partial charge in [0.1, 0.15) is 5.75 Å². The predicted octanol–water partition coefficient (Wildman–Crippen LogP) is 4.51. The molecule has 160 valence electrons. The van der Waals surface area contributed by atoms with Crippen molar-refractivity contribution in [3.63, 3.8) is 0 Å². The molecule has 5 heteroatoms. The fourth-order valence-corrected chi connectivity index (χ4v) is 3.51. The van der Waals surface area contributed by atoms with Crippen LogP contribution in [0.15, 0.2) is 77.9 Å². The number of carbonyl (C=O) groups is 1. The zero-order chi connectivity index (χ0) is 22.4. The van der Waals surface area contributed by atoms with Crippen molar-refractivity contribution in [2.45, 2.75) is 32.3 Å². The van der Waals surface area contributed by atoms with Gasteiger partial charge in [-0.25, -0.2) is 5.43 Å². The first kappa shape index (κ1) is 22.2. The van der Waals surface area contributed by atoms with Crippen molar-refractivity contribution >= 4 is 12.1 Å². The summed E-state index contributed by atoms with van der Waals surface area (Å²) in [6.45, 7) is 6.14. The average molecular weight is 417 g/mol. The Morgan fingerprint density at radius 1 is 1.03 bits per heavy atom. The molecule has 3 aromatic carbocycles.